The summed E-state index contributed by atoms with van der Waals surface area (Å²) in [5.41, 5.74) is -0.379. The molecule has 70 valence electrons. The third kappa shape index (κ3) is 1.38. The highest BCUT2D eigenvalue weighted by Gasteiger charge is 2.42. The Morgan fingerprint density at radius 1 is 1.42 bits per heavy atom. The summed E-state index contributed by atoms with van der Waals surface area (Å²) in [6.45, 7) is 2.80. The minimum atomic E-state index is -0.379. The van der Waals surface area contributed by atoms with E-state index < -0.39 is 0 Å². The van der Waals surface area contributed by atoms with Crippen molar-refractivity contribution in [3.05, 3.63) is 0 Å². The highest BCUT2D eigenvalue weighted by atomic mass is 16.5. The molecule has 1 heterocycles. The van der Waals surface area contributed by atoms with Crippen LogP contribution in [0.15, 0.2) is 0 Å². The first-order chi connectivity index (χ1) is 5.71. The molecule has 12 heavy (non-hydrogen) atoms. The van der Waals surface area contributed by atoms with Gasteiger partial charge in [-0.05, 0) is 32.1 Å². The van der Waals surface area contributed by atoms with Crippen LogP contribution in [0.5, 0.6) is 0 Å². The number of hydrogen-bond acceptors (Lipinski definition) is 2. The standard InChI is InChI=1S/C10H18O2/c1-8-7-10(11,5-6-12-8)9-3-2-4-9/h8-9,11H,2-7H2,1H3. The van der Waals surface area contributed by atoms with Crippen LogP contribution < -0.4 is 0 Å². The first-order valence-corrected chi connectivity index (χ1v) is 5.05. The quantitative estimate of drug-likeness (QED) is 0.649. The molecule has 0 spiro atoms. The van der Waals surface area contributed by atoms with Gasteiger partial charge >= 0.3 is 0 Å². The van der Waals surface area contributed by atoms with Gasteiger partial charge in [0.2, 0.25) is 0 Å². The fourth-order valence-corrected chi connectivity index (χ4v) is 2.41. The predicted molar refractivity (Wildman–Crippen MR) is 46.9 cm³/mol. The van der Waals surface area contributed by atoms with Crippen molar-refractivity contribution in [1.29, 1.82) is 0 Å². The third-order valence-corrected chi connectivity index (χ3v) is 3.44. The summed E-state index contributed by atoms with van der Waals surface area (Å²) >= 11 is 0. The van der Waals surface area contributed by atoms with Gasteiger partial charge in [0.05, 0.1) is 11.7 Å². The molecule has 1 N–H and O–H groups in total. The highest BCUT2D eigenvalue weighted by molar-refractivity contribution is 4.94. The number of ether oxygens (including phenoxy) is 1. The fourth-order valence-electron chi connectivity index (χ4n) is 2.41. The van der Waals surface area contributed by atoms with E-state index in [-0.39, 0.29) is 11.7 Å². The largest absolute Gasteiger partial charge is 0.389 e. The van der Waals surface area contributed by atoms with Crippen LogP contribution in [0.3, 0.4) is 0 Å². The lowest BCUT2D eigenvalue weighted by molar-refractivity contribution is -0.141. The van der Waals surface area contributed by atoms with Gasteiger partial charge in [0.25, 0.3) is 0 Å². The van der Waals surface area contributed by atoms with Gasteiger partial charge in [-0.1, -0.05) is 6.42 Å². The molecule has 1 saturated heterocycles. The molecule has 2 heteroatoms. The van der Waals surface area contributed by atoms with E-state index in [1.54, 1.807) is 0 Å². The van der Waals surface area contributed by atoms with Crippen molar-refractivity contribution in [2.24, 2.45) is 5.92 Å². The molecule has 0 aromatic heterocycles. The van der Waals surface area contributed by atoms with Crippen molar-refractivity contribution >= 4 is 0 Å². The van der Waals surface area contributed by atoms with Crippen LogP contribution in [0.4, 0.5) is 0 Å². The van der Waals surface area contributed by atoms with Gasteiger partial charge in [0.1, 0.15) is 0 Å². The molecule has 1 aliphatic carbocycles. The fraction of sp³-hybridized carbons (Fsp3) is 1.00. The van der Waals surface area contributed by atoms with Crippen LogP contribution in [-0.2, 0) is 4.74 Å². The summed E-state index contributed by atoms with van der Waals surface area (Å²) in [5, 5.41) is 10.3. The summed E-state index contributed by atoms with van der Waals surface area (Å²) < 4.78 is 5.43. The van der Waals surface area contributed by atoms with E-state index in [2.05, 4.69) is 6.92 Å². The van der Waals surface area contributed by atoms with Crippen molar-refractivity contribution in [2.75, 3.05) is 6.61 Å². The number of aliphatic hydroxyl groups is 1. The maximum atomic E-state index is 10.3. The second-order valence-corrected chi connectivity index (χ2v) is 4.37. The summed E-state index contributed by atoms with van der Waals surface area (Å²) in [4.78, 5) is 0. The molecule has 2 atom stereocenters. The summed E-state index contributed by atoms with van der Waals surface area (Å²) in [7, 11) is 0. The Hall–Kier alpha value is -0.0800. The molecule has 2 aliphatic rings. The SMILES string of the molecule is CC1CC(O)(C2CCC2)CCO1. The first kappa shape index (κ1) is 8.52. The minimum Gasteiger partial charge on any atom is -0.389 e. The van der Waals surface area contributed by atoms with E-state index in [0.29, 0.717) is 5.92 Å². The zero-order valence-electron chi connectivity index (χ0n) is 7.75. The van der Waals surface area contributed by atoms with Gasteiger partial charge < -0.3 is 9.84 Å². The van der Waals surface area contributed by atoms with Gasteiger partial charge in [-0.15, -0.1) is 0 Å². The number of hydrogen-bond donors (Lipinski definition) is 1. The van der Waals surface area contributed by atoms with E-state index in [1.165, 1.54) is 19.3 Å². The first-order valence-electron chi connectivity index (χ1n) is 5.05. The van der Waals surface area contributed by atoms with Gasteiger partial charge in [0.15, 0.2) is 0 Å². The molecule has 2 fully saturated rings. The zero-order chi connectivity index (χ0) is 8.60. The molecule has 2 rings (SSSR count). The van der Waals surface area contributed by atoms with E-state index in [9.17, 15) is 5.11 Å². The van der Waals surface area contributed by atoms with Crippen molar-refractivity contribution in [3.63, 3.8) is 0 Å². The van der Waals surface area contributed by atoms with Crippen molar-refractivity contribution in [1.82, 2.24) is 0 Å². The van der Waals surface area contributed by atoms with Crippen LogP contribution in [0.25, 0.3) is 0 Å². The molecule has 2 unspecified atom stereocenters. The van der Waals surface area contributed by atoms with E-state index in [4.69, 9.17) is 4.74 Å². The average Bonchev–Trinajstić information content (AvgIpc) is 1.79. The molecule has 0 amide bonds. The van der Waals surface area contributed by atoms with Crippen molar-refractivity contribution < 1.29 is 9.84 Å². The Balaban J connectivity index is 1.97. The smallest absolute Gasteiger partial charge is 0.0722 e. The Bertz CT molecular complexity index is 165. The average molecular weight is 170 g/mol. The van der Waals surface area contributed by atoms with E-state index >= 15 is 0 Å². The van der Waals surface area contributed by atoms with Gasteiger partial charge in [-0.2, -0.15) is 0 Å². The molecule has 1 aliphatic heterocycles. The zero-order valence-corrected chi connectivity index (χ0v) is 7.75. The molecule has 0 aromatic rings. The predicted octanol–water partition coefficient (Wildman–Crippen LogP) is 1.72. The third-order valence-electron chi connectivity index (χ3n) is 3.44. The maximum absolute atomic E-state index is 10.3. The summed E-state index contributed by atoms with van der Waals surface area (Å²) in [5.74, 6) is 0.573. The highest BCUT2D eigenvalue weighted by Crippen LogP contribution is 2.42. The molecule has 2 nitrogen and oxygen atoms in total. The Labute approximate surface area is 73.9 Å². The molecule has 0 bridgehead atoms. The number of rotatable bonds is 1. The topological polar surface area (TPSA) is 29.5 Å². The normalized spacial score (nSPS) is 44.0. The summed E-state index contributed by atoms with van der Waals surface area (Å²) in [6.07, 6.45) is 5.71. The van der Waals surface area contributed by atoms with Gasteiger partial charge in [0, 0.05) is 13.0 Å². The van der Waals surface area contributed by atoms with Crippen LogP contribution >= 0.6 is 0 Å². The molecule has 0 aromatic carbocycles. The second-order valence-electron chi connectivity index (χ2n) is 4.37. The van der Waals surface area contributed by atoms with Gasteiger partial charge in [-0.25, -0.2) is 0 Å². The monoisotopic (exact) mass is 170 g/mol. The Morgan fingerprint density at radius 2 is 2.17 bits per heavy atom. The van der Waals surface area contributed by atoms with Crippen LogP contribution in [-0.4, -0.2) is 23.4 Å². The van der Waals surface area contributed by atoms with Gasteiger partial charge in [-0.3, -0.25) is 0 Å². The van der Waals surface area contributed by atoms with Crippen LogP contribution in [0.1, 0.15) is 39.0 Å². The molecular weight excluding hydrogens is 152 g/mol. The van der Waals surface area contributed by atoms with Crippen molar-refractivity contribution in [2.45, 2.75) is 50.7 Å². The van der Waals surface area contributed by atoms with Crippen molar-refractivity contribution in [3.8, 4) is 0 Å². The van der Waals surface area contributed by atoms with E-state index in [1.807, 2.05) is 0 Å². The molecule has 1 saturated carbocycles. The van der Waals surface area contributed by atoms with Crippen LogP contribution in [0, 0.1) is 5.92 Å². The van der Waals surface area contributed by atoms with E-state index in [0.717, 1.165) is 19.4 Å². The maximum Gasteiger partial charge on any atom is 0.0722 e. The molecular formula is C10H18O2. The Kier molecular flexibility index (Phi) is 2.13. The van der Waals surface area contributed by atoms with Crippen LogP contribution in [0.2, 0.25) is 0 Å². The molecule has 0 radical (unpaired) electrons. The minimum absolute atomic E-state index is 0.254. The second kappa shape index (κ2) is 3.00. The summed E-state index contributed by atoms with van der Waals surface area (Å²) in [6, 6.07) is 0. The lowest BCUT2D eigenvalue weighted by atomic mass is 9.68. The lowest BCUT2D eigenvalue weighted by Gasteiger charge is -2.45. The Morgan fingerprint density at radius 3 is 2.67 bits per heavy atom. The lowest BCUT2D eigenvalue weighted by Crippen LogP contribution is -2.48.